The van der Waals surface area contributed by atoms with Crippen LogP contribution in [-0.4, -0.2) is 9.97 Å². The highest BCUT2D eigenvalue weighted by Crippen LogP contribution is 2.34. The molecule has 2 aromatic rings. The zero-order chi connectivity index (χ0) is 20.3. The van der Waals surface area contributed by atoms with E-state index in [0.717, 1.165) is 29.6 Å². The topological polar surface area (TPSA) is 25.8 Å². The second-order valence-electron chi connectivity index (χ2n) is 9.14. The summed E-state index contributed by atoms with van der Waals surface area (Å²) in [6.45, 7) is 4.56. The first-order chi connectivity index (χ1) is 14.3. The fourth-order valence-electron chi connectivity index (χ4n) is 4.70. The van der Waals surface area contributed by atoms with E-state index in [4.69, 9.17) is 0 Å². The van der Waals surface area contributed by atoms with E-state index in [-0.39, 0.29) is 0 Å². The van der Waals surface area contributed by atoms with Crippen molar-refractivity contribution in [3.63, 3.8) is 0 Å². The molecule has 0 aliphatic heterocycles. The van der Waals surface area contributed by atoms with Gasteiger partial charge in [0.1, 0.15) is 0 Å². The van der Waals surface area contributed by atoms with Crippen molar-refractivity contribution in [2.75, 3.05) is 0 Å². The Kier molecular flexibility index (Phi) is 9.18. The van der Waals surface area contributed by atoms with Gasteiger partial charge in [-0.3, -0.25) is 0 Å². The number of aromatic nitrogens is 2. The lowest BCUT2D eigenvalue weighted by Gasteiger charge is -2.28. The average Bonchev–Trinajstić information content (AvgIpc) is 2.78. The molecule has 0 unspecified atom stereocenters. The zero-order valence-corrected chi connectivity index (χ0v) is 18.7. The molecule has 1 heterocycles. The summed E-state index contributed by atoms with van der Waals surface area (Å²) in [5, 5.41) is 0. The third kappa shape index (κ3) is 7.24. The second kappa shape index (κ2) is 12.1. The SMILES string of the molecule is CCCCCc1ccc(-c2ncc(CC[C@H]3CC[C@H](CCCC)CC3)cn2)cc1. The number of unbranched alkanes of at least 4 members (excludes halogenated alkanes) is 3. The lowest BCUT2D eigenvalue weighted by Crippen LogP contribution is -2.15. The van der Waals surface area contributed by atoms with E-state index in [1.807, 2.05) is 12.4 Å². The highest BCUT2D eigenvalue weighted by molar-refractivity contribution is 5.55. The molecule has 1 aliphatic rings. The van der Waals surface area contributed by atoms with Crippen molar-refractivity contribution in [1.82, 2.24) is 9.97 Å². The maximum Gasteiger partial charge on any atom is 0.159 e. The summed E-state index contributed by atoms with van der Waals surface area (Å²) in [6, 6.07) is 8.82. The van der Waals surface area contributed by atoms with Crippen LogP contribution < -0.4 is 0 Å². The van der Waals surface area contributed by atoms with Crippen molar-refractivity contribution in [3.8, 4) is 11.4 Å². The molecule has 0 saturated heterocycles. The van der Waals surface area contributed by atoms with Crippen LogP contribution >= 0.6 is 0 Å². The minimum Gasteiger partial charge on any atom is -0.236 e. The highest BCUT2D eigenvalue weighted by Gasteiger charge is 2.20. The molecular weight excluding hydrogens is 352 g/mol. The molecule has 158 valence electrons. The summed E-state index contributed by atoms with van der Waals surface area (Å²) < 4.78 is 0. The molecule has 0 amide bonds. The normalized spacial score (nSPS) is 19.4. The van der Waals surface area contributed by atoms with Gasteiger partial charge in [0, 0.05) is 18.0 Å². The summed E-state index contributed by atoms with van der Waals surface area (Å²) >= 11 is 0. The predicted molar refractivity (Wildman–Crippen MR) is 124 cm³/mol. The van der Waals surface area contributed by atoms with E-state index >= 15 is 0 Å². The van der Waals surface area contributed by atoms with Gasteiger partial charge in [-0.2, -0.15) is 0 Å². The molecule has 1 aromatic heterocycles. The van der Waals surface area contributed by atoms with E-state index in [2.05, 4.69) is 48.1 Å². The van der Waals surface area contributed by atoms with Crippen LogP contribution in [0.15, 0.2) is 36.7 Å². The monoisotopic (exact) mass is 392 g/mol. The van der Waals surface area contributed by atoms with E-state index in [1.165, 1.54) is 88.2 Å². The summed E-state index contributed by atoms with van der Waals surface area (Å²) in [7, 11) is 0. The Labute approximate surface area is 178 Å². The molecule has 0 radical (unpaired) electrons. The summed E-state index contributed by atoms with van der Waals surface area (Å²) in [5.74, 6) is 2.77. The largest absolute Gasteiger partial charge is 0.236 e. The minimum absolute atomic E-state index is 0.852. The van der Waals surface area contributed by atoms with Crippen molar-refractivity contribution < 1.29 is 0 Å². The molecule has 0 bridgehead atoms. The Bertz CT molecular complexity index is 681. The fraction of sp³-hybridized carbons (Fsp3) is 0.630. The third-order valence-corrected chi connectivity index (χ3v) is 6.76. The van der Waals surface area contributed by atoms with Crippen molar-refractivity contribution >= 4 is 0 Å². The van der Waals surface area contributed by atoms with Gasteiger partial charge in [0.05, 0.1) is 0 Å². The fourth-order valence-corrected chi connectivity index (χ4v) is 4.70. The number of rotatable bonds is 11. The number of nitrogens with zero attached hydrogens (tertiary/aromatic N) is 2. The van der Waals surface area contributed by atoms with Crippen LogP contribution in [0.2, 0.25) is 0 Å². The quantitative estimate of drug-likeness (QED) is 0.364. The molecule has 2 heteroatoms. The van der Waals surface area contributed by atoms with Crippen molar-refractivity contribution in [2.24, 2.45) is 11.8 Å². The van der Waals surface area contributed by atoms with Gasteiger partial charge in [-0.05, 0) is 48.6 Å². The molecule has 2 nitrogen and oxygen atoms in total. The van der Waals surface area contributed by atoms with Gasteiger partial charge in [0.25, 0.3) is 0 Å². The number of hydrogen-bond acceptors (Lipinski definition) is 2. The molecule has 1 saturated carbocycles. The maximum atomic E-state index is 4.65. The van der Waals surface area contributed by atoms with Gasteiger partial charge >= 0.3 is 0 Å². The summed E-state index contributed by atoms with van der Waals surface area (Å²) in [5.41, 5.74) is 3.84. The van der Waals surface area contributed by atoms with Gasteiger partial charge in [-0.15, -0.1) is 0 Å². The van der Waals surface area contributed by atoms with Crippen LogP contribution in [-0.2, 0) is 12.8 Å². The summed E-state index contributed by atoms with van der Waals surface area (Å²) in [6.07, 6.45) is 21.5. The highest BCUT2D eigenvalue weighted by atomic mass is 14.9. The molecule has 29 heavy (non-hydrogen) atoms. The molecular formula is C27H40N2. The maximum absolute atomic E-state index is 4.65. The van der Waals surface area contributed by atoms with Crippen molar-refractivity contribution in [1.29, 1.82) is 0 Å². The van der Waals surface area contributed by atoms with Crippen LogP contribution in [0.3, 0.4) is 0 Å². The van der Waals surface area contributed by atoms with Crippen molar-refractivity contribution in [3.05, 3.63) is 47.8 Å². The van der Waals surface area contributed by atoms with E-state index in [9.17, 15) is 0 Å². The average molecular weight is 393 g/mol. The number of benzene rings is 1. The Balaban J connectivity index is 1.43. The Morgan fingerprint density at radius 1 is 0.690 bits per heavy atom. The van der Waals surface area contributed by atoms with Crippen LogP contribution in [0, 0.1) is 11.8 Å². The van der Waals surface area contributed by atoms with Gasteiger partial charge in [0.15, 0.2) is 5.82 Å². The van der Waals surface area contributed by atoms with Gasteiger partial charge in [-0.1, -0.05) is 95.9 Å². The van der Waals surface area contributed by atoms with Crippen LogP contribution in [0.4, 0.5) is 0 Å². The first-order valence-electron chi connectivity index (χ1n) is 12.2. The molecule has 1 aromatic carbocycles. The third-order valence-electron chi connectivity index (χ3n) is 6.76. The van der Waals surface area contributed by atoms with Gasteiger partial charge < -0.3 is 0 Å². The Morgan fingerprint density at radius 3 is 1.93 bits per heavy atom. The lowest BCUT2D eigenvalue weighted by atomic mass is 9.78. The minimum atomic E-state index is 0.852. The van der Waals surface area contributed by atoms with E-state index < -0.39 is 0 Å². The molecule has 3 rings (SSSR count). The Morgan fingerprint density at radius 2 is 1.31 bits per heavy atom. The van der Waals surface area contributed by atoms with E-state index in [0.29, 0.717) is 0 Å². The van der Waals surface area contributed by atoms with Gasteiger partial charge in [-0.25, -0.2) is 9.97 Å². The standard InChI is InChI=1S/C27H40N2/c1-3-5-7-9-23-16-18-26(19-17-23)27-28-20-25(21-29-27)15-14-24-12-10-22(11-13-24)8-6-4-2/h16-22,24H,3-15H2,1-2H3/t22-,24-. The molecule has 1 fully saturated rings. The van der Waals surface area contributed by atoms with Crippen molar-refractivity contribution in [2.45, 2.75) is 97.3 Å². The smallest absolute Gasteiger partial charge is 0.159 e. The van der Waals surface area contributed by atoms with E-state index in [1.54, 1.807) is 0 Å². The molecule has 1 aliphatic carbocycles. The summed E-state index contributed by atoms with van der Waals surface area (Å²) in [4.78, 5) is 9.30. The second-order valence-corrected chi connectivity index (χ2v) is 9.14. The van der Waals surface area contributed by atoms with Gasteiger partial charge in [0.2, 0.25) is 0 Å². The molecule has 0 spiro atoms. The number of hydrogen-bond donors (Lipinski definition) is 0. The predicted octanol–water partition coefficient (Wildman–Crippen LogP) is 7.81. The first kappa shape index (κ1) is 22.0. The lowest BCUT2D eigenvalue weighted by molar-refractivity contribution is 0.250. The zero-order valence-electron chi connectivity index (χ0n) is 18.7. The van der Waals surface area contributed by atoms with Crippen LogP contribution in [0.25, 0.3) is 11.4 Å². The van der Waals surface area contributed by atoms with Crippen LogP contribution in [0.5, 0.6) is 0 Å². The first-order valence-corrected chi connectivity index (χ1v) is 12.2. The Hall–Kier alpha value is -1.70. The van der Waals surface area contributed by atoms with Crippen LogP contribution in [0.1, 0.15) is 95.6 Å². The molecule has 0 N–H and O–H groups in total. The number of aryl methyl sites for hydroxylation is 2. The molecule has 0 atom stereocenters.